The van der Waals surface area contributed by atoms with Crippen LogP contribution in [-0.4, -0.2) is 18.1 Å². The van der Waals surface area contributed by atoms with Crippen LogP contribution in [0.15, 0.2) is 12.3 Å². The third kappa shape index (κ3) is 1.15. The third-order valence-electron chi connectivity index (χ3n) is 3.35. The Morgan fingerprint density at radius 3 is 2.86 bits per heavy atom. The first-order valence-corrected chi connectivity index (χ1v) is 5.21. The minimum absolute atomic E-state index is 0.678. The molecule has 2 heterocycles. The van der Waals surface area contributed by atoms with Gasteiger partial charge in [-0.2, -0.15) is 0 Å². The molecule has 1 aliphatic carbocycles. The molecule has 0 radical (unpaired) electrons. The number of aryl methyl sites for hydroxylation is 1. The Balaban J connectivity index is 1.91. The standard InChI is InChI=1S/C11H15N3/c1-7-2-10(11(12)13-4-7)14-5-8-3-9(8)6-14/h2,4,8-9H,3,5-6H2,1H3,(H2,12,13). The zero-order chi connectivity index (χ0) is 9.71. The van der Waals surface area contributed by atoms with Crippen molar-refractivity contribution in [1.29, 1.82) is 0 Å². The SMILES string of the molecule is Cc1cnc(N)c(N2CC3CC3C2)c1. The van der Waals surface area contributed by atoms with Crippen LogP contribution in [0.5, 0.6) is 0 Å². The molecule has 14 heavy (non-hydrogen) atoms. The number of nitrogens with two attached hydrogens (primary N) is 1. The molecule has 1 saturated carbocycles. The van der Waals surface area contributed by atoms with Crippen molar-refractivity contribution in [2.75, 3.05) is 23.7 Å². The number of nitrogens with zero attached hydrogens (tertiary/aromatic N) is 2. The number of rotatable bonds is 1. The van der Waals surface area contributed by atoms with Crippen LogP contribution in [0.25, 0.3) is 0 Å². The quantitative estimate of drug-likeness (QED) is 0.726. The van der Waals surface area contributed by atoms with E-state index in [1.807, 2.05) is 6.20 Å². The number of hydrogen-bond acceptors (Lipinski definition) is 3. The fourth-order valence-corrected chi connectivity index (χ4v) is 2.41. The second-order valence-corrected chi connectivity index (χ2v) is 4.58. The maximum absolute atomic E-state index is 5.88. The van der Waals surface area contributed by atoms with E-state index in [1.54, 1.807) is 0 Å². The Hall–Kier alpha value is -1.25. The molecule has 2 N–H and O–H groups in total. The molecule has 0 spiro atoms. The predicted octanol–water partition coefficient (Wildman–Crippen LogP) is 1.43. The second kappa shape index (κ2) is 2.62. The summed E-state index contributed by atoms with van der Waals surface area (Å²) in [6, 6.07) is 2.15. The number of nitrogen functional groups attached to an aromatic ring is 1. The maximum atomic E-state index is 5.88. The Bertz CT molecular complexity index is 365. The van der Waals surface area contributed by atoms with Crippen LogP contribution in [0, 0.1) is 18.8 Å². The Morgan fingerprint density at radius 1 is 1.43 bits per heavy atom. The van der Waals surface area contributed by atoms with Crippen molar-refractivity contribution in [2.24, 2.45) is 11.8 Å². The summed E-state index contributed by atoms with van der Waals surface area (Å²) in [5, 5.41) is 0. The highest BCUT2D eigenvalue weighted by molar-refractivity contribution is 5.65. The van der Waals surface area contributed by atoms with Crippen LogP contribution in [0.4, 0.5) is 11.5 Å². The lowest BCUT2D eigenvalue weighted by Crippen LogP contribution is -2.23. The summed E-state index contributed by atoms with van der Waals surface area (Å²) in [5.74, 6) is 2.56. The van der Waals surface area contributed by atoms with Gasteiger partial charge in [-0.1, -0.05) is 0 Å². The molecule has 3 nitrogen and oxygen atoms in total. The lowest BCUT2D eigenvalue weighted by Gasteiger charge is -2.21. The summed E-state index contributed by atoms with van der Waals surface area (Å²) in [6.07, 6.45) is 3.26. The van der Waals surface area contributed by atoms with E-state index < -0.39 is 0 Å². The van der Waals surface area contributed by atoms with Gasteiger partial charge in [0.05, 0.1) is 5.69 Å². The monoisotopic (exact) mass is 189 g/mol. The first kappa shape index (κ1) is 8.09. The Kier molecular flexibility index (Phi) is 1.52. The molecule has 1 aromatic heterocycles. The Labute approximate surface area is 83.9 Å². The van der Waals surface area contributed by atoms with E-state index in [9.17, 15) is 0 Å². The van der Waals surface area contributed by atoms with E-state index in [0.29, 0.717) is 5.82 Å². The van der Waals surface area contributed by atoms with Gasteiger partial charge in [-0.05, 0) is 36.8 Å². The summed E-state index contributed by atoms with van der Waals surface area (Å²) >= 11 is 0. The van der Waals surface area contributed by atoms with Gasteiger partial charge >= 0.3 is 0 Å². The summed E-state index contributed by atoms with van der Waals surface area (Å²) in [5.41, 5.74) is 8.20. The van der Waals surface area contributed by atoms with Crippen LogP contribution < -0.4 is 10.6 Å². The molecule has 1 aromatic rings. The van der Waals surface area contributed by atoms with Gasteiger partial charge in [0.15, 0.2) is 0 Å². The van der Waals surface area contributed by atoms with Crippen molar-refractivity contribution in [3.8, 4) is 0 Å². The molecular formula is C11H15N3. The highest BCUT2D eigenvalue weighted by Crippen LogP contribution is 2.46. The van der Waals surface area contributed by atoms with Crippen LogP contribution in [0.3, 0.4) is 0 Å². The minimum Gasteiger partial charge on any atom is -0.382 e. The van der Waals surface area contributed by atoms with Gasteiger partial charge in [-0.3, -0.25) is 0 Å². The second-order valence-electron chi connectivity index (χ2n) is 4.58. The fourth-order valence-electron chi connectivity index (χ4n) is 2.41. The summed E-state index contributed by atoms with van der Waals surface area (Å²) in [7, 11) is 0. The van der Waals surface area contributed by atoms with E-state index in [1.165, 1.54) is 25.1 Å². The lowest BCUT2D eigenvalue weighted by molar-refractivity contribution is 0.818. The van der Waals surface area contributed by atoms with Gasteiger partial charge in [0.1, 0.15) is 5.82 Å². The summed E-state index contributed by atoms with van der Waals surface area (Å²) in [6.45, 7) is 4.42. The molecular weight excluding hydrogens is 174 g/mol. The minimum atomic E-state index is 0.678. The largest absolute Gasteiger partial charge is 0.382 e. The molecule has 0 amide bonds. The molecule has 3 rings (SSSR count). The molecule has 1 saturated heterocycles. The van der Waals surface area contributed by atoms with Crippen LogP contribution in [0.2, 0.25) is 0 Å². The van der Waals surface area contributed by atoms with Crippen molar-refractivity contribution in [3.63, 3.8) is 0 Å². The first-order chi connectivity index (χ1) is 6.74. The zero-order valence-corrected chi connectivity index (χ0v) is 8.40. The number of aromatic nitrogens is 1. The van der Waals surface area contributed by atoms with E-state index in [4.69, 9.17) is 5.73 Å². The van der Waals surface area contributed by atoms with Gasteiger partial charge < -0.3 is 10.6 Å². The topological polar surface area (TPSA) is 42.1 Å². The van der Waals surface area contributed by atoms with Gasteiger partial charge in [0, 0.05) is 19.3 Å². The number of pyridine rings is 1. The number of fused-ring (bicyclic) bond motifs is 1. The lowest BCUT2D eigenvalue weighted by atomic mass is 10.2. The molecule has 74 valence electrons. The van der Waals surface area contributed by atoms with Crippen LogP contribution in [-0.2, 0) is 0 Å². The van der Waals surface area contributed by atoms with Crippen molar-refractivity contribution in [3.05, 3.63) is 17.8 Å². The molecule has 3 heteroatoms. The van der Waals surface area contributed by atoms with Crippen LogP contribution in [0.1, 0.15) is 12.0 Å². The zero-order valence-electron chi connectivity index (χ0n) is 8.40. The smallest absolute Gasteiger partial charge is 0.146 e. The molecule has 0 aromatic carbocycles. The highest BCUT2D eigenvalue weighted by Gasteiger charge is 2.45. The van der Waals surface area contributed by atoms with E-state index in [-0.39, 0.29) is 0 Å². The molecule has 1 aliphatic heterocycles. The van der Waals surface area contributed by atoms with Crippen molar-refractivity contribution in [1.82, 2.24) is 4.98 Å². The van der Waals surface area contributed by atoms with Gasteiger partial charge in [-0.25, -0.2) is 4.98 Å². The molecule has 2 aliphatic rings. The van der Waals surface area contributed by atoms with E-state index in [0.717, 1.165) is 17.5 Å². The number of hydrogen-bond donors (Lipinski definition) is 1. The predicted molar refractivity (Wildman–Crippen MR) is 57.2 cm³/mol. The number of piperidine rings is 1. The average Bonchev–Trinajstić information content (AvgIpc) is 2.78. The summed E-state index contributed by atoms with van der Waals surface area (Å²) < 4.78 is 0. The van der Waals surface area contributed by atoms with Gasteiger partial charge in [-0.15, -0.1) is 0 Å². The van der Waals surface area contributed by atoms with Gasteiger partial charge in [0.25, 0.3) is 0 Å². The first-order valence-electron chi connectivity index (χ1n) is 5.21. The van der Waals surface area contributed by atoms with Gasteiger partial charge in [0.2, 0.25) is 0 Å². The normalized spacial score (nSPS) is 29.1. The number of anilines is 2. The third-order valence-corrected chi connectivity index (χ3v) is 3.35. The molecule has 2 unspecified atom stereocenters. The molecule has 2 fully saturated rings. The average molecular weight is 189 g/mol. The van der Waals surface area contributed by atoms with E-state index in [2.05, 4.69) is 22.9 Å². The van der Waals surface area contributed by atoms with Crippen molar-refractivity contribution in [2.45, 2.75) is 13.3 Å². The van der Waals surface area contributed by atoms with Crippen LogP contribution >= 0.6 is 0 Å². The highest BCUT2D eigenvalue weighted by atomic mass is 15.2. The summed E-state index contributed by atoms with van der Waals surface area (Å²) in [4.78, 5) is 6.58. The molecule has 2 atom stereocenters. The fraction of sp³-hybridized carbons (Fsp3) is 0.545. The van der Waals surface area contributed by atoms with E-state index >= 15 is 0 Å². The molecule has 0 bridgehead atoms. The van der Waals surface area contributed by atoms with Crippen molar-refractivity contribution < 1.29 is 0 Å². The van der Waals surface area contributed by atoms with Crippen molar-refractivity contribution >= 4 is 11.5 Å². The Morgan fingerprint density at radius 2 is 2.14 bits per heavy atom. The maximum Gasteiger partial charge on any atom is 0.146 e.